The number of nitrogens with two attached hydrogens (primary N) is 1. The van der Waals surface area contributed by atoms with Gasteiger partial charge in [-0.1, -0.05) is 41.6 Å². The smallest absolute Gasteiger partial charge is 0.303 e. The Kier molecular flexibility index (Phi) is 5.81. The summed E-state index contributed by atoms with van der Waals surface area (Å²) in [6.45, 7) is 1.76. The van der Waals surface area contributed by atoms with Crippen LogP contribution in [-0.2, 0) is 15.8 Å². The van der Waals surface area contributed by atoms with E-state index >= 15 is 0 Å². The molecule has 3 rings (SSSR count). The number of rotatable bonds is 7. The van der Waals surface area contributed by atoms with E-state index in [2.05, 4.69) is 5.16 Å². The van der Waals surface area contributed by atoms with Crippen LogP contribution >= 0.6 is 0 Å². The molecule has 1 atom stereocenters. The van der Waals surface area contributed by atoms with Crippen LogP contribution in [0.5, 0.6) is 0 Å². The summed E-state index contributed by atoms with van der Waals surface area (Å²) in [6, 6.07) is 13.7. The zero-order valence-corrected chi connectivity index (χ0v) is 15.9. The zero-order valence-electron chi connectivity index (χ0n) is 15.0. The summed E-state index contributed by atoms with van der Waals surface area (Å²) < 4.78 is 16.8. The number of benzene rings is 2. The summed E-state index contributed by atoms with van der Waals surface area (Å²) >= 11 is 0. The molecule has 28 heavy (non-hydrogen) atoms. The molecule has 1 heterocycles. The number of carbonyl (C=O) groups excluding carboxylic acids is 1. The summed E-state index contributed by atoms with van der Waals surface area (Å²) in [5.74, 6) is -0.746. The molecule has 0 aliphatic rings. The van der Waals surface area contributed by atoms with Gasteiger partial charge in [0.25, 0.3) is 0 Å². The number of nitrogens with zero attached hydrogens (tertiary/aromatic N) is 1. The molecule has 144 valence electrons. The highest BCUT2D eigenvalue weighted by Crippen LogP contribution is 2.36. The maximum absolute atomic E-state index is 12.5. The number of aryl methyl sites for hydroxylation is 1. The third-order valence-corrected chi connectivity index (χ3v) is 5.02. The van der Waals surface area contributed by atoms with Gasteiger partial charge in [0.05, 0.1) is 16.9 Å². The Bertz CT molecular complexity index is 1060. The molecule has 1 unspecified atom stereocenters. The number of ketones is 1. The van der Waals surface area contributed by atoms with Crippen molar-refractivity contribution < 1.29 is 23.4 Å². The van der Waals surface area contributed by atoms with E-state index in [1.54, 1.807) is 55.5 Å². The van der Waals surface area contributed by atoms with Crippen molar-refractivity contribution in [3.63, 3.8) is 0 Å². The quantitative estimate of drug-likeness (QED) is 0.588. The van der Waals surface area contributed by atoms with Gasteiger partial charge in [-0.3, -0.25) is 9.59 Å². The van der Waals surface area contributed by atoms with Crippen LogP contribution < -0.4 is 5.14 Å². The number of Topliss-reactive ketones (excluding diaryl/α,β-unsaturated/α-hetero) is 1. The maximum atomic E-state index is 12.5. The van der Waals surface area contributed by atoms with Gasteiger partial charge in [0.15, 0.2) is 5.78 Å². The Hall–Kier alpha value is -3.10. The lowest BCUT2D eigenvalue weighted by Gasteiger charge is -2.09. The predicted molar refractivity (Wildman–Crippen MR) is 104 cm³/mol. The van der Waals surface area contributed by atoms with E-state index in [1.807, 2.05) is 0 Å². The first-order chi connectivity index (χ1) is 13.4. The highest BCUT2D eigenvalue weighted by molar-refractivity contribution is 7.82. The second-order valence-electron chi connectivity index (χ2n) is 6.15. The molecule has 0 fully saturated rings. The second-order valence-corrected chi connectivity index (χ2v) is 7.21. The van der Waals surface area contributed by atoms with E-state index in [1.165, 1.54) is 0 Å². The highest BCUT2D eigenvalue weighted by Gasteiger charge is 2.21. The minimum atomic E-state index is -1.58. The third-order valence-electron chi connectivity index (χ3n) is 4.29. The van der Waals surface area contributed by atoms with E-state index in [-0.39, 0.29) is 18.6 Å². The fourth-order valence-electron chi connectivity index (χ4n) is 2.94. The Morgan fingerprint density at radius 3 is 2.43 bits per heavy atom. The molecule has 0 bridgehead atoms. The largest absolute Gasteiger partial charge is 0.481 e. The molecule has 1 aromatic heterocycles. The summed E-state index contributed by atoms with van der Waals surface area (Å²) in [6.07, 6.45) is -0.342. The van der Waals surface area contributed by atoms with Gasteiger partial charge in [-0.05, 0) is 24.6 Å². The van der Waals surface area contributed by atoms with Crippen molar-refractivity contribution in [3.8, 4) is 22.4 Å². The first-order valence-electron chi connectivity index (χ1n) is 8.45. The molecule has 0 saturated carbocycles. The number of aromatic nitrogens is 1. The average Bonchev–Trinajstić information content (AvgIpc) is 3.07. The number of aliphatic carboxylic acids is 1. The van der Waals surface area contributed by atoms with Crippen molar-refractivity contribution in [1.82, 2.24) is 5.16 Å². The van der Waals surface area contributed by atoms with Crippen LogP contribution in [-0.4, -0.2) is 26.2 Å². The average molecular weight is 398 g/mol. The van der Waals surface area contributed by atoms with Crippen molar-refractivity contribution in [1.29, 1.82) is 0 Å². The zero-order chi connectivity index (χ0) is 20.3. The molecular formula is C20H18N2O5S. The molecule has 3 aromatic rings. The Morgan fingerprint density at radius 1 is 1.11 bits per heavy atom. The van der Waals surface area contributed by atoms with Crippen LogP contribution in [0.1, 0.15) is 29.0 Å². The Labute approximate surface area is 163 Å². The van der Waals surface area contributed by atoms with Crippen LogP contribution in [0.2, 0.25) is 0 Å². The number of carbonyl (C=O) groups is 2. The van der Waals surface area contributed by atoms with E-state index in [9.17, 15) is 13.8 Å². The Morgan fingerprint density at radius 2 is 1.79 bits per heavy atom. The first kappa shape index (κ1) is 19.7. The van der Waals surface area contributed by atoms with Gasteiger partial charge in [-0.15, -0.1) is 0 Å². The van der Waals surface area contributed by atoms with Crippen LogP contribution in [0.3, 0.4) is 0 Å². The molecule has 0 radical (unpaired) electrons. The summed E-state index contributed by atoms with van der Waals surface area (Å²) in [7, 11) is -1.58. The summed E-state index contributed by atoms with van der Waals surface area (Å²) in [5, 5.41) is 18.4. The summed E-state index contributed by atoms with van der Waals surface area (Å²) in [5.41, 5.74) is 2.91. The van der Waals surface area contributed by atoms with E-state index in [0.29, 0.717) is 33.0 Å². The standard InChI is InChI=1S/C20H18N2O5S/c1-12-19(13-6-8-14(9-7-13)28(21)26)20(22-27-12)16-5-3-2-4-15(16)17(23)10-11-18(24)25/h2-9H,10-11,21H2,1H3,(H,24,25). The minimum absolute atomic E-state index is 0.102. The van der Waals surface area contributed by atoms with Gasteiger partial charge in [-0.2, -0.15) is 0 Å². The van der Waals surface area contributed by atoms with Gasteiger partial charge >= 0.3 is 5.97 Å². The molecule has 0 spiro atoms. The molecule has 0 amide bonds. The molecule has 2 aromatic carbocycles. The topological polar surface area (TPSA) is 123 Å². The molecule has 3 N–H and O–H groups in total. The molecule has 7 nitrogen and oxygen atoms in total. The van der Waals surface area contributed by atoms with Crippen molar-refractivity contribution in [2.75, 3.05) is 0 Å². The monoisotopic (exact) mass is 398 g/mol. The van der Waals surface area contributed by atoms with Gasteiger partial charge in [0, 0.05) is 17.5 Å². The number of hydrogen-bond donors (Lipinski definition) is 2. The van der Waals surface area contributed by atoms with Crippen LogP contribution in [0.25, 0.3) is 22.4 Å². The highest BCUT2D eigenvalue weighted by atomic mass is 32.2. The van der Waals surface area contributed by atoms with Gasteiger partial charge in [-0.25, -0.2) is 9.35 Å². The number of carboxylic acid groups (broad SMARTS) is 1. The second kappa shape index (κ2) is 8.28. The fourth-order valence-corrected chi connectivity index (χ4v) is 3.34. The maximum Gasteiger partial charge on any atom is 0.303 e. The lowest BCUT2D eigenvalue weighted by atomic mass is 9.93. The Balaban J connectivity index is 2.06. The number of hydrogen-bond acceptors (Lipinski definition) is 5. The third kappa shape index (κ3) is 4.08. The predicted octanol–water partition coefficient (Wildman–Crippen LogP) is 3.35. The van der Waals surface area contributed by atoms with E-state index in [0.717, 1.165) is 5.56 Å². The van der Waals surface area contributed by atoms with Crippen LogP contribution in [0.15, 0.2) is 57.9 Å². The van der Waals surface area contributed by atoms with Gasteiger partial charge in [0.2, 0.25) is 0 Å². The lowest BCUT2D eigenvalue weighted by molar-refractivity contribution is -0.136. The van der Waals surface area contributed by atoms with E-state index in [4.69, 9.17) is 14.8 Å². The van der Waals surface area contributed by atoms with Crippen molar-refractivity contribution in [2.45, 2.75) is 24.7 Å². The minimum Gasteiger partial charge on any atom is -0.481 e. The van der Waals surface area contributed by atoms with Crippen LogP contribution in [0.4, 0.5) is 0 Å². The van der Waals surface area contributed by atoms with Crippen LogP contribution in [0, 0.1) is 6.92 Å². The normalized spacial score (nSPS) is 11.9. The summed E-state index contributed by atoms with van der Waals surface area (Å²) in [4.78, 5) is 23.8. The molecule has 0 aliphatic heterocycles. The molecule has 8 heteroatoms. The van der Waals surface area contributed by atoms with Crippen molar-refractivity contribution >= 4 is 22.7 Å². The molecule has 0 saturated heterocycles. The first-order valence-corrected chi connectivity index (χ1v) is 9.67. The fraction of sp³-hybridized carbons (Fsp3) is 0.150. The van der Waals surface area contributed by atoms with Crippen molar-refractivity contribution in [2.24, 2.45) is 5.14 Å². The number of carboxylic acids is 1. The van der Waals surface area contributed by atoms with E-state index < -0.39 is 17.0 Å². The molecular weight excluding hydrogens is 380 g/mol. The lowest BCUT2D eigenvalue weighted by Crippen LogP contribution is -2.05. The van der Waals surface area contributed by atoms with Gasteiger partial charge in [0.1, 0.15) is 22.4 Å². The van der Waals surface area contributed by atoms with Crippen molar-refractivity contribution in [3.05, 3.63) is 59.9 Å². The molecule has 0 aliphatic carbocycles. The SMILES string of the molecule is Cc1onc(-c2ccccc2C(=O)CCC(=O)O)c1-c1ccc(S(N)=O)cc1. The van der Waals surface area contributed by atoms with Gasteiger partial charge < -0.3 is 9.63 Å².